The molecular weight excluding hydrogens is 276 g/mol. The fourth-order valence-electron chi connectivity index (χ4n) is 3.62. The van der Waals surface area contributed by atoms with Crippen molar-refractivity contribution in [3.8, 4) is 0 Å². The summed E-state index contributed by atoms with van der Waals surface area (Å²) in [4.78, 5) is 23.1. The van der Waals surface area contributed by atoms with Gasteiger partial charge in [0.25, 0.3) is 0 Å². The molecule has 1 saturated heterocycles. The van der Waals surface area contributed by atoms with Gasteiger partial charge in [-0.15, -0.1) is 0 Å². The molecule has 4 atom stereocenters. The highest BCUT2D eigenvalue weighted by atomic mass is 16.6. The number of cyclic esters (lactones) is 1. The summed E-state index contributed by atoms with van der Waals surface area (Å²) in [7, 11) is 0. The van der Waals surface area contributed by atoms with Gasteiger partial charge in [-0.3, -0.25) is 4.79 Å². The van der Waals surface area contributed by atoms with Crippen molar-refractivity contribution in [1.29, 1.82) is 0 Å². The number of carbonyl (C=O) groups excluding carboxylic acids is 1. The summed E-state index contributed by atoms with van der Waals surface area (Å²) < 4.78 is 5.01. The number of allylic oxidation sites excluding steroid dienone is 1. The van der Waals surface area contributed by atoms with Crippen molar-refractivity contribution in [3.05, 3.63) is 11.6 Å². The molecule has 3 N–H and O–H groups in total. The zero-order valence-electron chi connectivity index (χ0n) is 12.3. The van der Waals surface area contributed by atoms with Gasteiger partial charge in [-0.1, -0.05) is 19.9 Å². The summed E-state index contributed by atoms with van der Waals surface area (Å²) in [5, 5.41) is 28.9. The maximum absolute atomic E-state index is 12.0. The molecule has 118 valence electrons. The van der Waals surface area contributed by atoms with Crippen LogP contribution in [0.25, 0.3) is 0 Å². The lowest BCUT2D eigenvalue weighted by Gasteiger charge is -2.42. The van der Waals surface area contributed by atoms with Crippen molar-refractivity contribution in [2.45, 2.75) is 32.3 Å². The third-order valence-corrected chi connectivity index (χ3v) is 4.78. The zero-order valence-corrected chi connectivity index (χ0v) is 12.3. The SMILES string of the molecule is CC(C)[C@H]1CC[C@@]2(O)COC(=O)[C@H]2[C@@H]1C=C(CO)C(=O)O. The number of ether oxygens (including phenoxy) is 1. The minimum Gasteiger partial charge on any atom is -0.478 e. The van der Waals surface area contributed by atoms with Crippen molar-refractivity contribution in [3.63, 3.8) is 0 Å². The molecule has 1 saturated carbocycles. The highest BCUT2D eigenvalue weighted by Gasteiger charge is 2.57. The largest absolute Gasteiger partial charge is 0.478 e. The van der Waals surface area contributed by atoms with E-state index in [0.29, 0.717) is 12.8 Å². The van der Waals surface area contributed by atoms with Crippen LogP contribution in [0.3, 0.4) is 0 Å². The lowest BCUT2D eigenvalue weighted by atomic mass is 9.62. The van der Waals surface area contributed by atoms with Gasteiger partial charge in [-0.2, -0.15) is 0 Å². The molecule has 0 aromatic heterocycles. The molecule has 1 aliphatic carbocycles. The summed E-state index contributed by atoms with van der Waals surface area (Å²) in [6.45, 7) is 3.38. The summed E-state index contributed by atoms with van der Waals surface area (Å²) in [6, 6.07) is 0. The van der Waals surface area contributed by atoms with Crippen LogP contribution in [0.5, 0.6) is 0 Å². The van der Waals surface area contributed by atoms with E-state index in [9.17, 15) is 19.8 Å². The molecule has 1 aliphatic heterocycles. The third kappa shape index (κ3) is 2.82. The van der Waals surface area contributed by atoms with E-state index < -0.39 is 36.0 Å². The van der Waals surface area contributed by atoms with E-state index in [1.807, 2.05) is 13.8 Å². The number of esters is 1. The zero-order chi connectivity index (χ0) is 15.8. The third-order valence-electron chi connectivity index (χ3n) is 4.78. The van der Waals surface area contributed by atoms with Crippen LogP contribution >= 0.6 is 0 Å². The Morgan fingerprint density at radius 1 is 1.52 bits per heavy atom. The predicted molar refractivity (Wildman–Crippen MR) is 73.3 cm³/mol. The maximum atomic E-state index is 12.0. The molecule has 1 heterocycles. The fourth-order valence-corrected chi connectivity index (χ4v) is 3.62. The molecule has 0 radical (unpaired) electrons. The van der Waals surface area contributed by atoms with E-state index in [1.54, 1.807) is 0 Å². The van der Waals surface area contributed by atoms with Gasteiger partial charge in [0.05, 0.1) is 18.1 Å². The second-order valence-corrected chi connectivity index (χ2v) is 6.37. The molecular formula is C15H22O6. The number of rotatable bonds is 4. The Hall–Kier alpha value is -1.40. The van der Waals surface area contributed by atoms with Gasteiger partial charge in [-0.25, -0.2) is 4.79 Å². The molecule has 0 aromatic rings. The van der Waals surface area contributed by atoms with Crippen LogP contribution in [0.4, 0.5) is 0 Å². The summed E-state index contributed by atoms with van der Waals surface area (Å²) in [5.74, 6) is -2.57. The molecule has 0 aromatic carbocycles. The van der Waals surface area contributed by atoms with Gasteiger partial charge >= 0.3 is 11.9 Å². The topological polar surface area (TPSA) is 104 Å². The van der Waals surface area contributed by atoms with Crippen LogP contribution in [0.15, 0.2) is 11.6 Å². The predicted octanol–water partition coefficient (Wildman–Crippen LogP) is 0.576. The van der Waals surface area contributed by atoms with Crippen LogP contribution < -0.4 is 0 Å². The van der Waals surface area contributed by atoms with Crippen LogP contribution in [0.1, 0.15) is 26.7 Å². The first kappa shape index (κ1) is 16.0. The van der Waals surface area contributed by atoms with Crippen molar-refractivity contribution in [1.82, 2.24) is 0 Å². The van der Waals surface area contributed by atoms with Crippen molar-refractivity contribution >= 4 is 11.9 Å². The van der Waals surface area contributed by atoms with Crippen LogP contribution in [-0.4, -0.2) is 46.1 Å². The number of carbonyl (C=O) groups is 2. The standard InChI is InChI=1S/C15H22O6/c1-8(2)10-3-4-15(20)7-21-14(19)12(15)11(10)5-9(6-16)13(17)18/h5,8,10-12,16,20H,3-4,6-7H2,1-2H3,(H,17,18)/t10-,11-,12-,15-/m1/s1. The molecule has 21 heavy (non-hydrogen) atoms. The molecule has 2 fully saturated rings. The van der Waals surface area contributed by atoms with E-state index in [0.717, 1.165) is 0 Å². The van der Waals surface area contributed by atoms with E-state index in [4.69, 9.17) is 9.84 Å². The average molecular weight is 298 g/mol. The van der Waals surface area contributed by atoms with Gasteiger partial charge in [0.15, 0.2) is 0 Å². The first-order valence-corrected chi connectivity index (χ1v) is 7.24. The number of aliphatic hydroxyl groups excluding tert-OH is 1. The molecule has 2 rings (SSSR count). The highest BCUT2D eigenvalue weighted by molar-refractivity contribution is 5.87. The van der Waals surface area contributed by atoms with Crippen LogP contribution in [0, 0.1) is 23.7 Å². The minimum absolute atomic E-state index is 0.0345. The van der Waals surface area contributed by atoms with Gasteiger partial charge in [-0.05, 0) is 30.6 Å². The van der Waals surface area contributed by atoms with Gasteiger partial charge in [0, 0.05) is 0 Å². The fraction of sp³-hybridized carbons (Fsp3) is 0.733. The Morgan fingerprint density at radius 3 is 2.71 bits per heavy atom. The van der Waals surface area contributed by atoms with E-state index in [1.165, 1.54) is 6.08 Å². The van der Waals surface area contributed by atoms with E-state index in [-0.39, 0.29) is 24.0 Å². The van der Waals surface area contributed by atoms with Crippen molar-refractivity contribution < 1.29 is 29.6 Å². The van der Waals surface area contributed by atoms with E-state index >= 15 is 0 Å². The second-order valence-electron chi connectivity index (χ2n) is 6.37. The number of aliphatic hydroxyl groups is 2. The van der Waals surface area contributed by atoms with Gasteiger partial charge < -0.3 is 20.1 Å². The number of hydrogen-bond acceptors (Lipinski definition) is 5. The lowest BCUT2D eigenvalue weighted by molar-refractivity contribution is -0.145. The molecule has 0 amide bonds. The average Bonchev–Trinajstić information content (AvgIpc) is 2.71. The number of aliphatic carboxylic acids is 1. The smallest absolute Gasteiger partial charge is 0.333 e. The van der Waals surface area contributed by atoms with E-state index in [2.05, 4.69) is 0 Å². The first-order chi connectivity index (χ1) is 9.80. The summed E-state index contributed by atoms with van der Waals surface area (Å²) in [6.07, 6.45) is 2.60. The van der Waals surface area contributed by atoms with Crippen LogP contribution in [-0.2, 0) is 14.3 Å². The number of fused-ring (bicyclic) bond motifs is 1. The quantitative estimate of drug-likeness (QED) is 0.518. The molecule has 0 unspecified atom stereocenters. The Balaban J connectivity index is 2.42. The minimum atomic E-state index is -1.22. The maximum Gasteiger partial charge on any atom is 0.333 e. The monoisotopic (exact) mass is 298 g/mol. The molecule has 6 nitrogen and oxygen atoms in total. The first-order valence-electron chi connectivity index (χ1n) is 7.24. The lowest BCUT2D eigenvalue weighted by Crippen LogP contribution is -2.49. The molecule has 0 bridgehead atoms. The van der Waals surface area contributed by atoms with Gasteiger partial charge in [0.1, 0.15) is 12.2 Å². The Kier molecular flexibility index (Phi) is 4.39. The summed E-state index contributed by atoms with van der Waals surface area (Å²) >= 11 is 0. The Labute approximate surface area is 123 Å². The Morgan fingerprint density at radius 2 is 2.19 bits per heavy atom. The Bertz CT molecular complexity index is 469. The van der Waals surface area contributed by atoms with Crippen molar-refractivity contribution in [2.75, 3.05) is 13.2 Å². The van der Waals surface area contributed by atoms with Crippen molar-refractivity contribution in [2.24, 2.45) is 23.7 Å². The summed E-state index contributed by atoms with van der Waals surface area (Å²) in [5.41, 5.74) is -1.36. The highest BCUT2D eigenvalue weighted by Crippen LogP contribution is 2.48. The van der Waals surface area contributed by atoms with Crippen LogP contribution in [0.2, 0.25) is 0 Å². The number of hydrogen-bond donors (Lipinski definition) is 3. The molecule has 2 aliphatic rings. The van der Waals surface area contributed by atoms with Gasteiger partial charge in [0.2, 0.25) is 0 Å². The second kappa shape index (κ2) is 5.77. The molecule has 6 heteroatoms. The number of carboxylic acids is 1. The normalized spacial score (nSPS) is 36.5. The molecule has 0 spiro atoms. The number of carboxylic acid groups (broad SMARTS) is 1.